The second-order valence-corrected chi connectivity index (χ2v) is 8.24. The summed E-state index contributed by atoms with van der Waals surface area (Å²) >= 11 is 0. The maximum absolute atomic E-state index is 12.8. The van der Waals surface area contributed by atoms with Crippen LogP contribution < -0.4 is 5.32 Å². The van der Waals surface area contributed by atoms with E-state index in [2.05, 4.69) is 26.1 Å². The number of nitrogens with one attached hydrogen (secondary N) is 1. The van der Waals surface area contributed by atoms with Gasteiger partial charge in [-0.25, -0.2) is 0 Å². The fraction of sp³-hybridized carbons (Fsp3) is 0.938. The van der Waals surface area contributed by atoms with E-state index in [1.165, 1.54) is 44.9 Å². The van der Waals surface area contributed by atoms with Crippen molar-refractivity contribution < 1.29 is 4.79 Å². The molecule has 4 aliphatic rings. The number of fused-ring (bicyclic) bond motifs is 1. The molecule has 4 rings (SSSR count). The lowest BCUT2D eigenvalue weighted by Crippen LogP contribution is -2.53. The van der Waals surface area contributed by atoms with Crippen molar-refractivity contribution in [3.8, 4) is 0 Å². The second-order valence-electron chi connectivity index (χ2n) is 8.24. The van der Waals surface area contributed by atoms with Crippen molar-refractivity contribution in [3.05, 3.63) is 0 Å². The van der Waals surface area contributed by atoms with Gasteiger partial charge >= 0.3 is 0 Å². The zero-order valence-corrected chi connectivity index (χ0v) is 12.1. The largest absolute Gasteiger partial charge is 0.351 e. The van der Waals surface area contributed by atoms with E-state index in [0.29, 0.717) is 5.91 Å². The Labute approximate surface area is 111 Å². The highest BCUT2D eigenvalue weighted by molar-refractivity contribution is 5.83. The van der Waals surface area contributed by atoms with Crippen LogP contribution in [-0.4, -0.2) is 11.4 Å². The topological polar surface area (TPSA) is 29.1 Å². The maximum atomic E-state index is 12.8. The van der Waals surface area contributed by atoms with E-state index in [1.54, 1.807) is 0 Å². The minimum absolute atomic E-state index is 0.000278. The molecule has 2 heteroatoms. The van der Waals surface area contributed by atoms with Crippen LogP contribution in [0.4, 0.5) is 0 Å². The highest BCUT2D eigenvalue weighted by Gasteiger charge is 2.52. The molecule has 0 saturated heterocycles. The first-order valence-electron chi connectivity index (χ1n) is 7.69. The highest BCUT2D eigenvalue weighted by Crippen LogP contribution is 2.57. The molecule has 102 valence electrons. The maximum Gasteiger partial charge on any atom is 0.226 e. The minimum Gasteiger partial charge on any atom is -0.351 e. The predicted octanol–water partition coefficient (Wildman–Crippen LogP) is 3.51. The van der Waals surface area contributed by atoms with E-state index in [9.17, 15) is 4.79 Å². The number of carbonyl (C=O) groups is 1. The molecule has 18 heavy (non-hydrogen) atoms. The van der Waals surface area contributed by atoms with Gasteiger partial charge in [-0.2, -0.15) is 0 Å². The Hall–Kier alpha value is -0.530. The first-order chi connectivity index (χ1) is 8.36. The molecule has 0 aromatic carbocycles. The summed E-state index contributed by atoms with van der Waals surface area (Å²) in [6, 6.07) is 0. The van der Waals surface area contributed by atoms with Crippen molar-refractivity contribution in [1.82, 2.24) is 5.32 Å². The highest BCUT2D eigenvalue weighted by atomic mass is 16.2. The van der Waals surface area contributed by atoms with Crippen LogP contribution in [0.3, 0.4) is 0 Å². The van der Waals surface area contributed by atoms with Gasteiger partial charge in [-0.15, -0.1) is 0 Å². The standard InChI is InChI=1S/C16H27NO/c1-15(2,3)17-14(18)16-8-11-4-5-12(9-16)7-13(6-11)10-16/h11-13H,4-10H2,1-3H3,(H,17,18)/t11-,12+,13?,16?. The third-order valence-corrected chi connectivity index (χ3v) is 5.32. The Morgan fingerprint density at radius 1 is 1.00 bits per heavy atom. The summed E-state index contributed by atoms with van der Waals surface area (Å²) in [6.45, 7) is 6.29. The molecule has 0 aromatic heterocycles. The zero-order chi connectivity index (χ0) is 13.0. The molecule has 1 N–H and O–H groups in total. The molecule has 0 heterocycles. The second kappa shape index (κ2) is 3.98. The summed E-state index contributed by atoms with van der Waals surface area (Å²) in [7, 11) is 0. The van der Waals surface area contributed by atoms with Crippen LogP contribution in [0.5, 0.6) is 0 Å². The molecule has 0 aromatic rings. The van der Waals surface area contributed by atoms with Crippen molar-refractivity contribution in [2.24, 2.45) is 23.2 Å². The SMILES string of the molecule is CC(C)(C)NC(=O)C12CC3C[C@@H](CC[C@@H](C3)C1)C2. The molecule has 4 saturated carbocycles. The fourth-order valence-electron chi connectivity index (χ4n) is 4.94. The number of carbonyl (C=O) groups excluding carboxylic acids is 1. The molecule has 4 fully saturated rings. The molecular weight excluding hydrogens is 222 g/mol. The van der Waals surface area contributed by atoms with Gasteiger partial charge in [0.2, 0.25) is 5.91 Å². The van der Waals surface area contributed by atoms with E-state index in [4.69, 9.17) is 0 Å². The Bertz CT molecular complexity index is 339. The number of rotatable bonds is 1. The molecular formula is C16H27NO. The van der Waals surface area contributed by atoms with Crippen molar-refractivity contribution in [1.29, 1.82) is 0 Å². The third-order valence-electron chi connectivity index (χ3n) is 5.32. The monoisotopic (exact) mass is 249 g/mol. The molecule has 2 unspecified atom stereocenters. The molecule has 4 aliphatic carbocycles. The van der Waals surface area contributed by atoms with E-state index in [-0.39, 0.29) is 11.0 Å². The Morgan fingerprint density at radius 3 is 2.00 bits per heavy atom. The number of amides is 1. The lowest BCUT2D eigenvalue weighted by molar-refractivity contribution is -0.140. The van der Waals surface area contributed by atoms with Gasteiger partial charge in [-0.3, -0.25) is 4.79 Å². The van der Waals surface area contributed by atoms with Crippen molar-refractivity contribution >= 4 is 5.91 Å². The summed E-state index contributed by atoms with van der Waals surface area (Å²) in [5.41, 5.74) is -0.0877. The molecule has 0 aliphatic heterocycles. The number of hydrogen-bond donors (Lipinski definition) is 1. The molecule has 4 bridgehead atoms. The van der Waals surface area contributed by atoms with Crippen LogP contribution in [0.1, 0.15) is 65.7 Å². The van der Waals surface area contributed by atoms with Gasteiger partial charge < -0.3 is 5.32 Å². The minimum atomic E-state index is -0.0880. The van der Waals surface area contributed by atoms with Crippen molar-refractivity contribution in [2.75, 3.05) is 0 Å². The van der Waals surface area contributed by atoms with Gasteiger partial charge in [-0.05, 0) is 70.6 Å². The first kappa shape index (κ1) is 12.5. The van der Waals surface area contributed by atoms with Crippen LogP contribution in [0.15, 0.2) is 0 Å². The Balaban J connectivity index is 1.83. The fourth-order valence-corrected chi connectivity index (χ4v) is 4.94. The predicted molar refractivity (Wildman–Crippen MR) is 73.1 cm³/mol. The summed E-state index contributed by atoms with van der Waals surface area (Å²) in [5.74, 6) is 2.87. The smallest absolute Gasteiger partial charge is 0.226 e. The van der Waals surface area contributed by atoms with Gasteiger partial charge in [-0.1, -0.05) is 12.8 Å². The van der Waals surface area contributed by atoms with E-state index >= 15 is 0 Å². The zero-order valence-electron chi connectivity index (χ0n) is 12.1. The van der Waals surface area contributed by atoms with Crippen LogP contribution in [0.25, 0.3) is 0 Å². The summed E-state index contributed by atoms with van der Waals surface area (Å²) in [6.07, 6.45) is 9.07. The van der Waals surface area contributed by atoms with Crippen molar-refractivity contribution in [2.45, 2.75) is 71.3 Å². The van der Waals surface area contributed by atoms with Crippen LogP contribution in [0.2, 0.25) is 0 Å². The lowest BCUT2D eigenvalue weighted by atomic mass is 9.58. The van der Waals surface area contributed by atoms with E-state index in [0.717, 1.165) is 17.8 Å². The molecule has 4 atom stereocenters. The summed E-state index contributed by atoms with van der Waals surface area (Å²) in [4.78, 5) is 12.8. The molecule has 0 radical (unpaired) electrons. The normalized spacial score (nSPS) is 42.7. The van der Waals surface area contributed by atoms with Gasteiger partial charge in [0.15, 0.2) is 0 Å². The lowest BCUT2D eigenvalue weighted by Gasteiger charge is -2.48. The van der Waals surface area contributed by atoms with Crippen molar-refractivity contribution in [3.63, 3.8) is 0 Å². The van der Waals surface area contributed by atoms with Crippen LogP contribution >= 0.6 is 0 Å². The van der Waals surface area contributed by atoms with E-state index < -0.39 is 0 Å². The quantitative estimate of drug-likeness (QED) is 0.757. The summed E-state index contributed by atoms with van der Waals surface area (Å²) < 4.78 is 0. The molecule has 0 spiro atoms. The van der Waals surface area contributed by atoms with Crippen LogP contribution in [-0.2, 0) is 4.79 Å². The van der Waals surface area contributed by atoms with Gasteiger partial charge in [0.1, 0.15) is 0 Å². The van der Waals surface area contributed by atoms with E-state index in [1.807, 2.05) is 0 Å². The third kappa shape index (κ3) is 2.19. The Morgan fingerprint density at radius 2 is 1.50 bits per heavy atom. The summed E-state index contributed by atoms with van der Waals surface area (Å²) in [5, 5.41) is 3.26. The molecule has 2 nitrogen and oxygen atoms in total. The average molecular weight is 249 g/mol. The first-order valence-corrected chi connectivity index (χ1v) is 7.69. The van der Waals surface area contributed by atoms with Gasteiger partial charge in [0.05, 0.1) is 0 Å². The van der Waals surface area contributed by atoms with Gasteiger partial charge in [0.25, 0.3) is 0 Å². The molecule has 1 amide bonds. The van der Waals surface area contributed by atoms with Crippen LogP contribution in [0, 0.1) is 23.2 Å². The van der Waals surface area contributed by atoms with Gasteiger partial charge in [0, 0.05) is 11.0 Å². The number of hydrogen-bond acceptors (Lipinski definition) is 1. The Kier molecular flexibility index (Phi) is 2.76. The average Bonchev–Trinajstić information content (AvgIpc) is 2.43.